The van der Waals surface area contributed by atoms with Crippen LogP contribution in [0.1, 0.15) is 66.6 Å². The van der Waals surface area contributed by atoms with Crippen molar-refractivity contribution in [3.8, 4) is 16.9 Å². The number of rotatable bonds is 12. The Balaban J connectivity index is 1.70. The van der Waals surface area contributed by atoms with E-state index in [-0.39, 0.29) is 25.0 Å². The van der Waals surface area contributed by atoms with Gasteiger partial charge in [-0.1, -0.05) is 56.2 Å². The number of ether oxygens (including phenoxy) is 1. The highest BCUT2D eigenvalue weighted by Gasteiger charge is 2.30. The highest BCUT2D eigenvalue weighted by Crippen LogP contribution is 2.32. The molecule has 0 spiro atoms. The van der Waals surface area contributed by atoms with E-state index in [0.29, 0.717) is 16.9 Å². The lowest BCUT2D eigenvalue weighted by Gasteiger charge is -2.20. The van der Waals surface area contributed by atoms with Gasteiger partial charge in [0.2, 0.25) is 0 Å². The van der Waals surface area contributed by atoms with Crippen molar-refractivity contribution in [3.63, 3.8) is 0 Å². The second-order valence-corrected chi connectivity index (χ2v) is 8.72. The van der Waals surface area contributed by atoms with Gasteiger partial charge in [-0.15, -0.1) is 0 Å². The minimum Gasteiger partial charge on any atom is -0.486 e. The summed E-state index contributed by atoms with van der Waals surface area (Å²) in [5.74, 6) is -0.743. The largest absolute Gasteiger partial charge is 0.486 e. The van der Waals surface area contributed by atoms with E-state index in [0.717, 1.165) is 48.9 Å². The zero-order valence-electron chi connectivity index (χ0n) is 20.6. The number of carboxylic acid groups (broad SMARTS) is 1. The summed E-state index contributed by atoms with van der Waals surface area (Å²) in [6.45, 7) is 2.17. The van der Waals surface area contributed by atoms with E-state index < -0.39 is 17.7 Å². The topological polar surface area (TPSA) is 75.6 Å². The molecule has 3 aromatic carbocycles. The molecule has 196 valence electrons. The quantitative estimate of drug-likeness (QED) is 0.250. The summed E-state index contributed by atoms with van der Waals surface area (Å²) in [5, 5.41) is 11.3. The van der Waals surface area contributed by atoms with E-state index in [1.165, 1.54) is 12.1 Å². The van der Waals surface area contributed by atoms with E-state index >= 15 is 0 Å². The summed E-state index contributed by atoms with van der Waals surface area (Å²) in [6.07, 6.45) is -0.887. The first kappa shape index (κ1) is 27.8. The SMILES string of the molecule is CCCCC[C@@H](Oc1ccc(C(=O)NCCC(=O)O)cc1)c1ccc(-c2ccc(C(F)(F)F)cc2)cc1. The van der Waals surface area contributed by atoms with Crippen molar-refractivity contribution in [2.45, 2.75) is 51.3 Å². The minimum atomic E-state index is -4.37. The number of hydrogen-bond acceptors (Lipinski definition) is 3. The molecule has 2 N–H and O–H groups in total. The van der Waals surface area contributed by atoms with Crippen molar-refractivity contribution < 1.29 is 32.6 Å². The molecule has 1 amide bonds. The fraction of sp³-hybridized carbons (Fsp3) is 0.310. The number of nitrogens with one attached hydrogen (secondary N) is 1. The summed E-state index contributed by atoms with van der Waals surface area (Å²) < 4.78 is 44.8. The Kier molecular flexibility index (Phi) is 9.71. The predicted molar refractivity (Wildman–Crippen MR) is 135 cm³/mol. The first-order valence-corrected chi connectivity index (χ1v) is 12.2. The first-order chi connectivity index (χ1) is 17.7. The van der Waals surface area contributed by atoms with Crippen LogP contribution in [0.5, 0.6) is 5.75 Å². The van der Waals surface area contributed by atoms with Crippen LogP contribution in [0.2, 0.25) is 0 Å². The Morgan fingerprint density at radius 2 is 1.49 bits per heavy atom. The average molecular weight is 514 g/mol. The molecule has 0 unspecified atom stereocenters. The molecule has 37 heavy (non-hydrogen) atoms. The molecule has 8 heteroatoms. The second kappa shape index (κ2) is 12.9. The van der Waals surface area contributed by atoms with Gasteiger partial charge >= 0.3 is 12.1 Å². The molecule has 3 rings (SSSR count). The van der Waals surface area contributed by atoms with Crippen LogP contribution in [-0.4, -0.2) is 23.5 Å². The Hall–Kier alpha value is -3.81. The molecule has 0 heterocycles. The monoisotopic (exact) mass is 513 g/mol. The molecule has 0 aliphatic rings. The molecule has 0 saturated carbocycles. The maximum atomic E-state index is 12.9. The number of benzene rings is 3. The standard InChI is InChI=1S/C29H30F3NO4/c1-2-3-4-5-26(37-25-16-12-23(13-17-25)28(36)33-19-18-27(34)35)22-8-6-20(7-9-22)21-10-14-24(15-11-21)29(30,31)32/h6-17,26H,2-5,18-19H2,1H3,(H,33,36)(H,34,35)/t26-/m1/s1. The van der Waals surface area contributed by atoms with Gasteiger partial charge in [0.15, 0.2) is 0 Å². The third kappa shape index (κ3) is 8.37. The van der Waals surface area contributed by atoms with Crippen molar-refractivity contribution in [1.29, 1.82) is 0 Å². The van der Waals surface area contributed by atoms with Crippen molar-refractivity contribution >= 4 is 11.9 Å². The first-order valence-electron chi connectivity index (χ1n) is 12.2. The van der Waals surface area contributed by atoms with Crippen LogP contribution in [0, 0.1) is 0 Å². The van der Waals surface area contributed by atoms with Gasteiger partial charge in [0.1, 0.15) is 11.9 Å². The van der Waals surface area contributed by atoms with Crippen molar-refractivity contribution in [1.82, 2.24) is 5.32 Å². The van der Waals surface area contributed by atoms with E-state index in [1.54, 1.807) is 24.3 Å². The summed E-state index contributed by atoms with van der Waals surface area (Å²) >= 11 is 0. The van der Waals surface area contributed by atoms with Crippen LogP contribution in [0.4, 0.5) is 13.2 Å². The zero-order chi connectivity index (χ0) is 26.8. The fourth-order valence-electron chi connectivity index (χ4n) is 3.85. The number of carboxylic acids is 1. The molecule has 0 radical (unpaired) electrons. The van der Waals surface area contributed by atoms with E-state index in [1.807, 2.05) is 24.3 Å². The van der Waals surface area contributed by atoms with Crippen LogP contribution in [0.3, 0.4) is 0 Å². The van der Waals surface area contributed by atoms with E-state index in [4.69, 9.17) is 9.84 Å². The molecule has 0 bridgehead atoms. The zero-order valence-corrected chi connectivity index (χ0v) is 20.6. The Morgan fingerprint density at radius 3 is 2.03 bits per heavy atom. The number of carbonyl (C=O) groups is 2. The number of amides is 1. The third-order valence-corrected chi connectivity index (χ3v) is 5.92. The molecule has 0 aromatic heterocycles. The summed E-state index contributed by atoms with van der Waals surface area (Å²) in [4.78, 5) is 22.8. The molecule has 3 aromatic rings. The Morgan fingerprint density at radius 1 is 0.892 bits per heavy atom. The lowest BCUT2D eigenvalue weighted by Crippen LogP contribution is -2.25. The number of alkyl halides is 3. The maximum absolute atomic E-state index is 12.9. The molecule has 5 nitrogen and oxygen atoms in total. The molecule has 1 atom stereocenters. The highest BCUT2D eigenvalue weighted by atomic mass is 19.4. The van der Waals surface area contributed by atoms with Gasteiger partial charge in [0.25, 0.3) is 5.91 Å². The van der Waals surface area contributed by atoms with E-state index in [2.05, 4.69) is 12.2 Å². The lowest BCUT2D eigenvalue weighted by molar-refractivity contribution is -0.138. The molecular formula is C29H30F3NO4. The molecule has 0 fully saturated rings. The highest BCUT2D eigenvalue weighted by molar-refractivity contribution is 5.94. The van der Waals surface area contributed by atoms with Crippen LogP contribution in [0.25, 0.3) is 11.1 Å². The number of hydrogen-bond donors (Lipinski definition) is 2. The normalized spacial score (nSPS) is 12.1. The van der Waals surface area contributed by atoms with Crippen LogP contribution in [-0.2, 0) is 11.0 Å². The van der Waals surface area contributed by atoms with Gasteiger partial charge in [0.05, 0.1) is 12.0 Å². The molecular weight excluding hydrogens is 483 g/mol. The van der Waals surface area contributed by atoms with Crippen molar-refractivity contribution in [2.75, 3.05) is 6.54 Å². The van der Waals surface area contributed by atoms with Gasteiger partial charge in [-0.3, -0.25) is 9.59 Å². The van der Waals surface area contributed by atoms with Crippen molar-refractivity contribution in [2.24, 2.45) is 0 Å². The number of carbonyl (C=O) groups excluding carboxylic acids is 1. The van der Waals surface area contributed by atoms with Gasteiger partial charge in [-0.2, -0.15) is 13.2 Å². The molecule has 0 aliphatic heterocycles. The fourth-order valence-corrected chi connectivity index (χ4v) is 3.85. The summed E-state index contributed by atoms with van der Waals surface area (Å²) in [7, 11) is 0. The summed E-state index contributed by atoms with van der Waals surface area (Å²) in [6, 6.07) is 19.3. The third-order valence-electron chi connectivity index (χ3n) is 5.92. The van der Waals surface area contributed by atoms with Gasteiger partial charge in [-0.05, 0) is 65.9 Å². The Bertz CT molecular complexity index is 1160. The second-order valence-electron chi connectivity index (χ2n) is 8.72. The van der Waals surface area contributed by atoms with Crippen LogP contribution < -0.4 is 10.1 Å². The van der Waals surface area contributed by atoms with Gasteiger partial charge in [0, 0.05) is 12.1 Å². The molecule has 0 aliphatic carbocycles. The van der Waals surface area contributed by atoms with Crippen molar-refractivity contribution in [3.05, 3.63) is 89.5 Å². The maximum Gasteiger partial charge on any atom is 0.416 e. The predicted octanol–water partition coefficient (Wildman–Crippen LogP) is 7.28. The number of aliphatic carboxylic acids is 1. The van der Waals surface area contributed by atoms with Gasteiger partial charge < -0.3 is 15.2 Å². The molecule has 0 saturated heterocycles. The number of halogens is 3. The minimum absolute atomic E-state index is 0.0500. The number of unbranched alkanes of at least 4 members (excludes halogenated alkanes) is 2. The smallest absolute Gasteiger partial charge is 0.416 e. The lowest BCUT2D eigenvalue weighted by atomic mass is 9.98. The summed E-state index contributed by atoms with van der Waals surface area (Å²) in [5.41, 5.74) is 2.17. The van der Waals surface area contributed by atoms with Crippen LogP contribution in [0.15, 0.2) is 72.8 Å². The van der Waals surface area contributed by atoms with Gasteiger partial charge in [-0.25, -0.2) is 0 Å². The van der Waals surface area contributed by atoms with E-state index in [9.17, 15) is 22.8 Å². The Labute approximate surface area is 214 Å². The van der Waals surface area contributed by atoms with Crippen LogP contribution >= 0.6 is 0 Å². The average Bonchev–Trinajstić information content (AvgIpc) is 2.88.